The highest BCUT2D eigenvalue weighted by Gasteiger charge is 2.24. The van der Waals surface area contributed by atoms with Crippen LogP contribution in [0.2, 0.25) is 5.02 Å². The van der Waals surface area contributed by atoms with E-state index in [0.717, 1.165) is 11.3 Å². The van der Waals surface area contributed by atoms with Crippen LogP contribution in [-0.4, -0.2) is 27.7 Å². The molecular weight excluding hydrogens is 240 g/mol. The van der Waals surface area contributed by atoms with Crippen molar-refractivity contribution >= 4 is 23.2 Å². The first-order valence-electron chi connectivity index (χ1n) is 5.11. The molecule has 1 amide bonds. The molecule has 86 valence electrons. The van der Waals surface area contributed by atoms with E-state index in [9.17, 15) is 4.79 Å². The Morgan fingerprint density at radius 1 is 1.41 bits per heavy atom. The van der Waals surface area contributed by atoms with Gasteiger partial charge < -0.3 is 4.90 Å². The maximum Gasteiger partial charge on any atom is 0.248 e. The first-order valence-corrected chi connectivity index (χ1v) is 5.49. The molecule has 1 aromatic heterocycles. The molecule has 0 fully saturated rings. The Morgan fingerprint density at radius 2 is 2.24 bits per heavy atom. The lowest BCUT2D eigenvalue weighted by atomic mass is 10.1. The Hall–Kier alpha value is -1.88. The Morgan fingerprint density at radius 3 is 3.06 bits per heavy atom. The van der Waals surface area contributed by atoms with Gasteiger partial charge in [-0.1, -0.05) is 11.6 Å². The number of anilines is 1. The lowest BCUT2D eigenvalue weighted by molar-refractivity contribution is -0.118. The van der Waals surface area contributed by atoms with E-state index in [1.807, 2.05) is 6.07 Å². The Bertz CT molecular complexity index is 607. The molecule has 2 heterocycles. The van der Waals surface area contributed by atoms with E-state index in [2.05, 4.69) is 10.1 Å². The number of aromatic nitrogens is 3. The van der Waals surface area contributed by atoms with Crippen LogP contribution in [0.5, 0.6) is 0 Å². The number of rotatable bonds is 0. The van der Waals surface area contributed by atoms with Crippen molar-refractivity contribution in [1.29, 1.82) is 0 Å². The molecule has 0 spiro atoms. The summed E-state index contributed by atoms with van der Waals surface area (Å²) in [6.45, 7) is 0.193. The number of carbonyl (C=O) groups is 1. The standard InChI is InChI=1S/C11H9ClN4O/c1-15-9-3-2-7(12)4-8(9)11-13-6-14-16(11)5-10(15)17/h2-4,6H,5H2,1H3. The van der Waals surface area contributed by atoms with Crippen molar-refractivity contribution in [3.05, 3.63) is 29.5 Å². The van der Waals surface area contributed by atoms with Gasteiger partial charge in [0.05, 0.1) is 5.69 Å². The number of benzene rings is 1. The van der Waals surface area contributed by atoms with E-state index >= 15 is 0 Å². The summed E-state index contributed by atoms with van der Waals surface area (Å²) in [5.41, 5.74) is 1.62. The van der Waals surface area contributed by atoms with E-state index in [1.165, 1.54) is 6.33 Å². The number of carbonyl (C=O) groups excluding carboxylic acids is 1. The average Bonchev–Trinajstić information content (AvgIpc) is 2.72. The second kappa shape index (κ2) is 3.56. The molecule has 6 heteroatoms. The van der Waals surface area contributed by atoms with Gasteiger partial charge in [0.1, 0.15) is 12.9 Å². The Balaban J connectivity index is 2.32. The molecule has 1 aliphatic rings. The highest BCUT2D eigenvalue weighted by Crippen LogP contribution is 2.33. The second-order valence-corrected chi connectivity index (χ2v) is 4.29. The fraction of sp³-hybridized carbons (Fsp3) is 0.182. The van der Waals surface area contributed by atoms with Crippen molar-refractivity contribution in [3.8, 4) is 11.4 Å². The van der Waals surface area contributed by atoms with Crippen LogP contribution in [0.15, 0.2) is 24.5 Å². The number of halogens is 1. The SMILES string of the molecule is CN1C(=O)Cn2ncnc2-c2cc(Cl)ccc21. The lowest BCUT2D eigenvalue weighted by Gasteiger charge is -2.16. The minimum absolute atomic E-state index is 0.0298. The van der Waals surface area contributed by atoms with Crippen molar-refractivity contribution in [2.24, 2.45) is 0 Å². The number of amides is 1. The first kappa shape index (κ1) is 10.3. The molecule has 0 saturated heterocycles. The summed E-state index contributed by atoms with van der Waals surface area (Å²) in [6, 6.07) is 5.38. The second-order valence-electron chi connectivity index (χ2n) is 3.86. The molecule has 3 rings (SSSR count). The molecule has 0 aliphatic carbocycles. The summed E-state index contributed by atoms with van der Waals surface area (Å²) in [7, 11) is 1.74. The van der Waals surface area contributed by atoms with Gasteiger partial charge in [-0.05, 0) is 18.2 Å². The fourth-order valence-electron chi connectivity index (χ4n) is 1.94. The largest absolute Gasteiger partial charge is 0.313 e. The number of hydrogen-bond acceptors (Lipinski definition) is 3. The van der Waals surface area contributed by atoms with Crippen LogP contribution in [0.25, 0.3) is 11.4 Å². The summed E-state index contributed by atoms with van der Waals surface area (Å²) in [4.78, 5) is 17.7. The van der Waals surface area contributed by atoms with Gasteiger partial charge in [0.15, 0.2) is 5.82 Å². The van der Waals surface area contributed by atoms with E-state index in [4.69, 9.17) is 11.6 Å². The highest BCUT2D eigenvalue weighted by molar-refractivity contribution is 6.31. The molecular formula is C11H9ClN4O. The van der Waals surface area contributed by atoms with Crippen molar-refractivity contribution in [3.63, 3.8) is 0 Å². The molecule has 1 aliphatic heterocycles. The molecule has 0 bridgehead atoms. The van der Waals surface area contributed by atoms with Crippen molar-refractivity contribution in [2.45, 2.75) is 6.54 Å². The quantitative estimate of drug-likeness (QED) is 0.711. The van der Waals surface area contributed by atoms with E-state index in [1.54, 1.807) is 28.8 Å². The third kappa shape index (κ3) is 1.51. The topological polar surface area (TPSA) is 51.0 Å². The molecule has 5 nitrogen and oxygen atoms in total. The number of likely N-dealkylation sites (N-methyl/N-ethyl adjacent to an activating group) is 1. The van der Waals surface area contributed by atoms with Crippen molar-refractivity contribution < 1.29 is 4.79 Å². The van der Waals surface area contributed by atoms with Gasteiger partial charge in [-0.25, -0.2) is 9.67 Å². The van der Waals surface area contributed by atoms with Gasteiger partial charge >= 0.3 is 0 Å². The van der Waals surface area contributed by atoms with Gasteiger partial charge in [0, 0.05) is 17.6 Å². The van der Waals surface area contributed by atoms with Gasteiger partial charge in [0.25, 0.3) is 0 Å². The summed E-state index contributed by atoms with van der Waals surface area (Å²) in [5.74, 6) is 0.637. The third-order valence-corrected chi connectivity index (χ3v) is 3.07. The fourth-order valence-corrected chi connectivity index (χ4v) is 2.11. The van der Waals surface area contributed by atoms with Gasteiger partial charge in [-0.15, -0.1) is 0 Å². The van der Waals surface area contributed by atoms with E-state index in [-0.39, 0.29) is 12.5 Å². The van der Waals surface area contributed by atoms with E-state index < -0.39 is 0 Å². The van der Waals surface area contributed by atoms with Crippen LogP contribution < -0.4 is 4.90 Å². The number of hydrogen-bond donors (Lipinski definition) is 0. The maximum atomic E-state index is 11.9. The highest BCUT2D eigenvalue weighted by atomic mass is 35.5. The third-order valence-electron chi connectivity index (χ3n) is 2.84. The van der Waals surface area contributed by atoms with Crippen molar-refractivity contribution in [2.75, 3.05) is 11.9 Å². The predicted octanol–water partition coefficient (Wildman–Crippen LogP) is 1.57. The number of nitrogens with zero attached hydrogens (tertiary/aromatic N) is 4. The smallest absolute Gasteiger partial charge is 0.248 e. The normalized spacial score (nSPS) is 14.2. The summed E-state index contributed by atoms with van der Waals surface area (Å²) >= 11 is 5.99. The summed E-state index contributed by atoms with van der Waals surface area (Å²) in [6.07, 6.45) is 1.44. The maximum absolute atomic E-state index is 11.9. The van der Waals surface area contributed by atoms with Gasteiger partial charge in [0.2, 0.25) is 5.91 Å². The van der Waals surface area contributed by atoms with Crippen LogP contribution in [0.3, 0.4) is 0 Å². The van der Waals surface area contributed by atoms with Crippen LogP contribution in [0, 0.1) is 0 Å². The molecule has 0 atom stereocenters. The molecule has 0 radical (unpaired) electrons. The predicted molar refractivity (Wildman–Crippen MR) is 63.9 cm³/mol. The number of fused-ring (bicyclic) bond motifs is 3. The minimum atomic E-state index is -0.0298. The molecule has 17 heavy (non-hydrogen) atoms. The Labute approximate surface area is 103 Å². The Kier molecular flexibility index (Phi) is 2.16. The first-order chi connectivity index (χ1) is 8.16. The summed E-state index contributed by atoms with van der Waals surface area (Å²) < 4.78 is 1.58. The van der Waals surface area contributed by atoms with Crippen molar-refractivity contribution in [1.82, 2.24) is 14.8 Å². The molecule has 2 aromatic rings. The summed E-state index contributed by atoms with van der Waals surface area (Å²) in [5, 5.41) is 4.66. The average molecular weight is 249 g/mol. The molecule has 0 unspecified atom stereocenters. The zero-order valence-corrected chi connectivity index (χ0v) is 9.85. The van der Waals surface area contributed by atoms with Crippen LogP contribution in [0.1, 0.15) is 0 Å². The van der Waals surface area contributed by atoms with E-state index in [0.29, 0.717) is 10.8 Å². The monoisotopic (exact) mass is 248 g/mol. The molecule has 0 N–H and O–H groups in total. The van der Waals surface area contributed by atoms with Gasteiger partial charge in [-0.3, -0.25) is 4.79 Å². The minimum Gasteiger partial charge on any atom is -0.313 e. The van der Waals surface area contributed by atoms with Crippen LogP contribution >= 0.6 is 11.6 Å². The zero-order valence-electron chi connectivity index (χ0n) is 9.09. The van der Waals surface area contributed by atoms with Crippen LogP contribution in [0.4, 0.5) is 5.69 Å². The van der Waals surface area contributed by atoms with Crippen LogP contribution in [-0.2, 0) is 11.3 Å². The zero-order chi connectivity index (χ0) is 12.0. The molecule has 1 aromatic carbocycles. The lowest BCUT2D eigenvalue weighted by Crippen LogP contribution is -2.28. The van der Waals surface area contributed by atoms with Gasteiger partial charge in [-0.2, -0.15) is 5.10 Å². The molecule has 0 saturated carbocycles.